The molecule has 1 aliphatic carbocycles. The van der Waals surface area contributed by atoms with Crippen LogP contribution >= 0.6 is 11.6 Å². The zero-order chi connectivity index (χ0) is 11.6. The van der Waals surface area contributed by atoms with Crippen LogP contribution < -0.4 is 5.73 Å². The van der Waals surface area contributed by atoms with E-state index in [1.807, 2.05) is 12.1 Å². The molecule has 1 aromatic heterocycles. The first-order valence-electron chi connectivity index (χ1n) is 5.56. The van der Waals surface area contributed by atoms with Crippen molar-refractivity contribution in [1.29, 1.82) is 0 Å². The van der Waals surface area contributed by atoms with Crippen molar-refractivity contribution < 1.29 is 4.74 Å². The lowest BCUT2D eigenvalue weighted by Crippen LogP contribution is -2.34. The Labute approximate surface area is 101 Å². The minimum Gasteiger partial charge on any atom is -0.381 e. The van der Waals surface area contributed by atoms with Crippen LogP contribution in [0, 0.1) is 0 Å². The molecule has 0 amide bonds. The van der Waals surface area contributed by atoms with Crippen molar-refractivity contribution in [2.45, 2.75) is 30.8 Å². The molecule has 2 atom stereocenters. The third-order valence-corrected chi connectivity index (χ3v) is 3.85. The van der Waals surface area contributed by atoms with Gasteiger partial charge in [0.05, 0.1) is 16.8 Å². The van der Waals surface area contributed by atoms with Crippen LogP contribution in [0.2, 0.25) is 5.02 Å². The monoisotopic (exact) mass is 240 g/mol. The van der Waals surface area contributed by atoms with Gasteiger partial charge in [-0.2, -0.15) is 0 Å². The number of hydrogen-bond acceptors (Lipinski definition) is 3. The normalized spacial score (nSPS) is 29.6. The molecule has 0 bridgehead atoms. The molecule has 88 valence electrons. The maximum absolute atomic E-state index is 6.20. The first-order valence-corrected chi connectivity index (χ1v) is 5.93. The quantitative estimate of drug-likeness (QED) is 0.881. The van der Waals surface area contributed by atoms with Crippen molar-refractivity contribution in [1.82, 2.24) is 4.98 Å². The average molecular weight is 241 g/mol. The average Bonchev–Trinajstić information content (AvgIpc) is 2.74. The van der Waals surface area contributed by atoms with E-state index in [4.69, 9.17) is 22.1 Å². The van der Waals surface area contributed by atoms with Gasteiger partial charge in [0, 0.05) is 25.3 Å². The van der Waals surface area contributed by atoms with Gasteiger partial charge in [0.15, 0.2) is 0 Å². The van der Waals surface area contributed by atoms with Crippen molar-refractivity contribution in [3.8, 4) is 0 Å². The molecule has 1 unspecified atom stereocenters. The summed E-state index contributed by atoms with van der Waals surface area (Å²) in [6.45, 7) is 0.573. The van der Waals surface area contributed by atoms with E-state index in [1.54, 1.807) is 13.3 Å². The fourth-order valence-corrected chi connectivity index (χ4v) is 2.87. The number of hydrogen-bond donors (Lipinski definition) is 1. The summed E-state index contributed by atoms with van der Waals surface area (Å²) in [7, 11) is 1.75. The number of ether oxygens (including phenoxy) is 1. The van der Waals surface area contributed by atoms with Gasteiger partial charge in [-0.25, -0.2) is 0 Å². The molecule has 1 aromatic rings. The molecule has 3 nitrogen and oxygen atoms in total. The van der Waals surface area contributed by atoms with E-state index >= 15 is 0 Å². The zero-order valence-corrected chi connectivity index (χ0v) is 10.2. The Kier molecular flexibility index (Phi) is 3.47. The standard InChI is InChI=1S/C12H17ClN2O/c1-16-9-4-5-12(7-9,8-14)11-10(13)3-2-6-15-11/h2-3,6,9H,4-5,7-8,14H2,1H3/t9-,12?/m0/s1. The molecule has 1 heterocycles. The van der Waals surface area contributed by atoms with E-state index in [2.05, 4.69) is 4.98 Å². The summed E-state index contributed by atoms with van der Waals surface area (Å²) in [6, 6.07) is 3.72. The Morgan fingerprint density at radius 1 is 1.69 bits per heavy atom. The summed E-state index contributed by atoms with van der Waals surface area (Å²) in [6.07, 6.45) is 5.00. The van der Waals surface area contributed by atoms with Gasteiger partial charge in [0.2, 0.25) is 0 Å². The summed E-state index contributed by atoms with van der Waals surface area (Å²) in [5, 5.41) is 0.713. The number of nitrogens with two attached hydrogens (primary N) is 1. The minimum absolute atomic E-state index is 0.0982. The SMILES string of the molecule is CO[C@H]1CCC(CN)(c2ncccc2Cl)C1. The molecule has 0 saturated heterocycles. The molecule has 16 heavy (non-hydrogen) atoms. The first-order chi connectivity index (χ1) is 7.72. The molecule has 2 N–H and O–H groups in total. The van der Waals surface area contributed by atoms with Crippen LogP contribution in [0.4, 0.5) is 0 Å². The largest absolute Gasteiger partial charge is 0.381 e. The summed E-state index contributed by atoms with van der Waals surface area (Å²) < 4.78 is 5.40. The van der Waals surface area contributed by atoms with Crippen molar-refractivity contribution in [3.05, 3.63) is 29.0 Å². The van der Waals surface area contributed by atoms with Crippen LogP contribution in [-0.2, 0) is 10.2 Å². The van der Waals surface area contributed by atoms with Crippen LogP contribution in [0.1, 0.15) is 25.0 Å². The third-order valence-electron chi connectivity index (χ3n) is 3.55. The lowest BCUT2D eigenvalue weighted by atomic mass is 9.82. The molecular formula is C12H17ClN2O. The van der Waals surface area contributed by atoms with Gasteiger partial charge in [0.1, 0.15) is 0 Å². The Hall–Kier alpha value is -0.640. The van der Waals surface area contributed by atoms with E-state index in [0.717, 1.165) is 25.0 Å². The zero-order valence-electron chi connectivity index (χ0n) is 9.45. The highest BCUT2D eigenvalue weighted by Gasteiger charge is 2.41. The number of pyridine rings is 1. The Morgan fingerprint density at radius 3 is 3.06 bits per heavy atom. The van der Waals surface area contributed by atoms with Gasteiger partial charge in [-0.1, -0.05) is 11.6 Å². The second-order valence-corrected chi connectivity index (χ2v) is 4.83. The highest BCUT2D eigenvalue weighted by molar-refractivity contribution is 6.31. The molecular weight excluding hydrogens is 224 g/mol. The minimum atomic E-state index is -0.0982. The second kappa shape index (κ2) is 4.70. The fourth-order valence-electron chi connectivity index (χ4n) is 2.55. The van der Waals surface area contributed by atoms with E-state index in [9.17, 15) is 0 Å². The van der Waals surface area contributed by atoms with Gasteiger partial charge in [-0.3, -0.25) is 4.98 Å². The second-order valence-electron chi connectivity index (χ2n) is 4.42. The molecule has 0 spiro atoms. The summed E-state index contributed by atoms with van der Waals surface area (Å²) in [5.41, 5.74) is 6.76. The maximum atomic E-state index is 6.20. The highest BCUT2D eigenvalue weighted by atomic mass is 35.5. The van der Waals surface area contributed by atoms with E-state index in [0.29, 0.717) is 11.6 Å². The van der Waals surface area contributed by atoms with Crippen LogP contribution in [-0.4, -0.2) is 24.7 Å². The fraction of sp³-hybridized carbons (Fsp3) is 0.583. The van der Waals surface area contributed by atoms with Gasteiger partial charge in [-0.05, 0) is 31.4 Å². The molecule has 1 aliphatic rings. The van der Waals surface area contributed by atoms with E-state index in [1.165, 1.54) is 0 Å². The number of aromatic nitrogens is 1. The number of nitrogens with zero attached hydrogens (tertiary/aromatic N) is 1. The summed E-state index contributed by atoms with van der Waals surface area (Å²) >= 11 is 6.20. The number of rotatable bonds is 3. The van der Waals surface area contributed by atoms with Crippen molar-refractivity contribution in [3.63, 3.8) is 0 Å². The predicted molar refractivity (Wildman–Crippen MR) is 64.6 cm³/mol. The van der Waals surface area contributed by atoms with Crippen molar-refractivity contribution in [2.24, 2.45) is 5.73 Å². The van der Waals surface area contributed by atoms with Gasteiger partial charge in [0.25, 0.3) is 0 Å². The Bertz CT molecular complexity index is 372. The molecule has 0 aromatic carbocycles. The number of halogens is 1. The van der Waals surface area contributed by atoms with Crippen LogP contribution in [0.25, 0.3) is 0 Å². The Balaban J connectivity index is 2.33. The van der Waals surface area contributed by atoms with Gasteiger partial charge in [-0.15, -0.1) is 0 Å². The van der Waals surface area contributed by atoms with E-state index < -0.39 is 0 Å². The van der Waals surface area contributed by atoms with Gasteiger partial charge < -0.3 is 10.5 Å². The first kappa shape index (κ1) is 11.8. The smallest absolute Gasteiger partial charge is 0.0664 e. The summed E-state index contributed by atoms with van der Waals surface area (Å²) in [5.74, 6) is 0. The van der Waals surface area contributed by atoms with Crippen molar-refractivity contribution in [2.75, 3.05) is 13.7 Å². The topological polar surface area (TPSA) is 48.1 Å². The van der Waals surface area contributed by atoms with E-state index in [-0.39, 0.29) is 11.5 Å². The number of methoxy groups -OCH3 is 1. The third kappa shape index (κ3) is 1.95. The van der Waals surface area contributed by atoms with Crippen molar-refractivity contribution >= 4 is 11.6 Å². The maximum Gasteiger partial charge on any atom is 0.0664 e. The molecule has 1 fully saturated rings. The highest BCUT2D eigenvalue weighted by Crippen LogP contribution is 2.42. The molecule has 2 rings (SSSR count). The predicted octanol–water partition coefficient (Wildman–Crippen LogP) is 2.13. The molecule has 0 radical (unpaired) electrons. The van der Waals surface area contributed by atoms with Crippen LogP contribution in [0.3, 0.4) is 0 Å². The Morgan fingerprint density at radius 2 is 2.50 bits per heavy atom. The van der Waals surface area contributed by atoms with Crippen LogP contribution in [0.15, 0.2) is 18.3 Å². The molecule has 0 aliphatic heterocycles. The lowest BCUT2D eigenvalue weighted by molar-refractivity contribution is 0.103. The van der Waals surface area contributed by atoms with Gasteiger partial charge >= 0.3 is 0 Å². The van der Waals surface area contributed by atoms with Crippen LogP contribution in [0.5, 0.6) is 0 Å². The summed E-state index contributed by atoms with van der Waals surface area (Å²) in [4.78, 5) is 4.40. The lowest BCUT2D eigenvalue weighted by Gasteiger charge is -2.27. The molecule has 4 heteroatoms. The molecule has 1 saturated carbocycles.